The molecule has 90 valence electrons. The molecule has 0 saturated heterocycles. The molecule has 2 aromatic carbocycles. The first-order valence-electron chi connectivity index (χ1n) is 5.94. The van der Waals surface area contributed by atoms with Gasteiger partial charge in [-0.3, -0.25) is 0 Å². The fourth-order valence-corrected chi connectivity index (χ4v) is 2.15. The number of ether oxygens (including phenoxy) is 2. The zero-order valence-corrected chi connectivity index (χ0v) is 10.2. The van der Waals surface area contributed by atoms with Gasteiger partial charge in [-0.1, -0.05) is 48.5 Å². The Bertz CT molecular complexity index is 573. The molecule has 1 atom stereocenters. The minimum Gasteiger partial charge on any atom is -0.497 e. The molecule has 2 aromatic rings. The molecule has 3 rings (SSSR count). The standard InChI is InChI=1S/C16H14O2/c1-17-15-11-13-9-5-6-10-14(13)18-16(15)12-7-3-2-4-8-12/h2-11,16H,1H3. The number of hydrogen-bond acceptors (Lipinski definition) is 2. The predicted molar refractivity (Wildman–Crippen MR) is 71.2 cm³/mol. The molecule has 0 radical (unpaired) electrons. The molecular formula is C16H14O2. The van der Waals surface area contributed by atoms with Crippen LogP contribution in [0.15, 0.2) is 60.4 Å². The first-order valence-corrected chi connectivity index (χ1v) is 5.94. The van der Waals surface area contributed by atoms with Gasteiger partial charge < -0.3 is 9.47 Å². The van der Waals surface area contributed by atoms with Crippen LogP contribution in [-0.4, -0.2) is 7.11 Å². The molecule has 0 aromatic heterocycles. The second kappa shape index (κ2) is 4.57. The number of benzene rings is 2. The third-order valence-electron chi connectivity index (χ3n) is 3.06. The van der Waals surface area contributed by atoms with Crippen LogP contribution in [0.4, 0.5) is 0 Å². The highest BCUT2D eigenvalue weighted by atomic mass is 16.5. The molecule has 2 nitrogen and oxygen atoms in total. The van der Waals surface area contributed by atoms with Crippen LogP contribution in [0.3, 0.4) is 0 Å². The van der Waals surface area contributed by atoms with Crippen LogP contribution >= 0.6 is 0 Å². The first kappa shape index (κ1) is 10.9. The van der Waals surface area contributed by atoms with E-state index in [1.54, 1.807) is 7.11 Å². The predicted octanol–water partition coefficient (Wildman–Crippen LogP) is 3.81. The van der Waals surface area contributed by atoms with E-state index in [9.17, 15) is 0 Å². The van der Waals surface area contributed by atoms with Crippen molar-refractivity contribution in [2.45, 2.75) is 6.10 Å². The lowest BCUT2D eigenvalue weighted by Crippen LogP contribution is -2.15. The molecule has 0 spiro atoms. The van der Waals surface area contributed by atoms with E-state index in [2.05, 4.69) is 0 Å². The third kappa shape index (κ3) is 1.86. The maximum Gasteiger partial charge on any atom is 0.180 e. The van der Waals surface area contributed by atoms with Crippen molar-refractivity contribution >= 4 is 6.08 Å². The summed E-state index contributed by atoms with van der Waals surface area (Å²) in [5, 5.41) is 0. The van der Waals surface area contributed by atoms with Crippen LogP contribution in [-0.2, 0) is 4.74 Å². The van der Waals surface area contributed by atoms with E-state index < -0.39 is 0 Å². The van der Waals surface area contributed by atoms with Gasteiger partial charge in [0, 0.05) is 11.1 Å². The second-order valence-corrected chi connectivity index (χ2v) is 4.20. The van der Waals surface area contributed by atoms with Crippen molar-refractivity contribution in [2.75, 3.05) is 7.11 Å². The zero-order chi connectivity index (χ0) is 12.4. The monoisotopic (exact) mass is 238 g/mol. The molecule has 0 N–H and O–H groups in total. The van der Waals surface area contributed by atoms with Crippen molar-refractivity contribution in [1.29, 1.82) is 0 Å². The number of rotatable bonds is 2. The van der Waals surface area contributed by atoms with E-state index in [1.807, 2.05) is 60.7 Å². The average Bonchev–Trinajstić information content (AvgIpc) is 2.46. The molecular weight excluding hydrogens is 224 g/mol. The van der Waals surface area contributed by atoms with E-state index in [-0.39, 0.29) is 6.10 Å². The van der Waals surface area contributed by atoms with Gasteiger partial charge >= 0.3 is 0 Å². The Balaban J connectivity index is 2.04. The number of para-hydroxylation sites is 1. The number of fused-ring (bicyclic) bond motifs is 1. The van der Waals surface area contributed by atoms with Crippen LogP contribution < -0.4 is 4.74 Å². The van der Waals surface area contributed by atoms with E-state index in [0.29, 0.717) is 0 Å². The Morgan fingerprint density at radius 2 is 1.67 bits per heavy atom. The summed E-state index contributed by atoms with van der Waals surface area (Å²) < 4.78 is 11.5. The number of methoxy groups -OCH3 is 1. The van der Waals surface area contributed by atoms with Gasteiger partial charge in [-0.25, -0.2) is 0 Å². The molecule has 1 heterocycles. The van der Waals surface area contributed by atoms with Crippen molar-refractivity contribution in [3.63, 3.8) is 0 Å². The van der Waals surface area contributed by atoms with Crippen LogP contribution in [0.2, 0.25) is 0 Å². The fourth-order valence-electron chi connectivity index (χ4n) is 2.15. The molecule has 1 aliphatic rings. The highest BCUT2D eigenvalue weighted by molar-refractivity contribution is 5.62. The zero-order valence-electron chi connectivity index (χ0n) is 10.2. The van der Waals surface area contributed by atoms with E-state index in [0.717, 1.165) is 22.6 Å². The van der Waals surface area contributed by atoms with Gasteiger partial charge in [0.1, 0.15) is 11.5 Å². The Kier molecular flexibility index (Phi) is 2.77. The Morgan fingerprint density at radius 1 is 0.944 bits per heavy atom. The summed E-state index contributed by atoms with van der Waals surface area (Å²) in [6, 6.07) is 18.1. The highest BCUT2D eigenvalue weighted by Crippen LogP contribution is 2.37. The SMILES string of the molecule is COC1=Cc2ccccc2OC1c1ccccc1. The molecule has 18 heavy (non-hydrogen) atoms. The average molecular weight is 238 g/mol. The quantitative estimate of drug-likeness (QED) is 0.792. The van der Waals surface area contributed by atoms with Crippen LogP contribution in [0.25, 0.3) is 6.08 Å². The van der Waals surface area contributed by atoms with Crippen LogP contribution in [0.5, 0.6) is 5.75 Å². The summed E-state index contributed by atoms with van der Waals surface area (Å²) >= 11 is 0. The largest absolute Gasteiger partial charge is 0.497 e. The fraction of sp³-hybridized carbons (Fsp3) is 0.125. The van der Waals surface area contributed by atoms with Crippen molar-refractivity contribution in [3.05, 3.63) is 71.5 Å². The summed E-state index contributed by atoms with van der Waals surface area (Å²) in [6.45, 7) is 0. The van der Waals surface area contributed by atoms with Crippen molar-refractivity contribution in [2.24, 2.45) is 0 Å². The summed E-state index contributed by atoms with van der Waals surface area (Å²) in [5.41, 5.74) is 2.15. The smallest absolute Gasteiger partial charge is 0.180 e. The lowest BCUT2D eigenvalue weighted by molar-refractivity contribution is 0.146. The molecule has 2 heteroatoms. The minimum absolute atomic E-state index is 0.161. The minimum atomic E-state index is -0.161. The van der Waals surface area contributed by atoms with E-state index in [4.69, 9.17) is 9.47 Å². The van der Waals surface area contributed by atoms with E-state index in [1.165, 1.54) is 0 Å². The van der Waals surface area contributed by atoms with Crippen LogP contribution in [0, 0.1) is 0 Å². The van der Waals surface area contributed by atoms with E-state index >= 15 is 0 Å². The highest BCUT2D eigenvalue weighted by Gasteiger charge is 2.24. The lowest BCUT2D eigenvalue weighted by atomic mass is 10.0. The maximum atomic E-state index is 6.03. The van der Waals surface area contributed by atoms with Gasteiger partial charge in [0.2, 0.25) is 0 Å². The van der Waals surface area contributed by atoms with Gasteiger partial charge in [0.25, 0.3) is 0 Å². The van der Waals surface area contributed by atoms with Gasteiger partial charge in [-0.2, -0.15) is 0 Å². The summed E-state index contributed by atoms with van der Waals surface area (Å²) in [4.78, 5) is 0. The van der Waals surface area contributed by atoms with Crippen molar-refractivity contribution in [3.8, 4) is 5.75 Å². The topological polar surface area (TPSA) is 18.5 Å². The molecule has 0 fully saturated rings. The van der Waals surface area contributed by atoms with Gasteiger partial charge in [0.05, 0.1) is 7.11 Å². The maximum absolute atomic E-state index is 6.03. The van der Waals surface area contributed by atoms with Crippen molar-refractivity contribution < 1.29 is 9.47 Å². The molecule has 1 unspecified atom stereocenters. The summed E-state index contributed by atoms with van der Waals surface area (Å²) in [5.74, 6) is 1.73. The lowest BCUT2D eigenvalue weighted by Gasteiger charge is -2.26. The van der Waals surface area contributed by atoms with Crippen LogP contribution in [0.1, 0.15) is 17.2 Å². The Hall–Kier alpha value is -2.22. The van der Waals surface area contributed by atoms with Crippen molar-refractivity contribution in [1.82, 2.24) is 0 Å². The Labute approximate surface area is 106 Å². The first-order chi connectivity index (χ1) is 8.88. The molecule has 0 bridgehead atoms. The normalized spacial score (nSPS) is 17.4. The second-order valence-electron chi connectivity index (χ2n) is 4.20. The summed E-state index contributed by atoms with van der Waals surface area (Å²) in [6.07, 6.45) is 1.88. The van der Waals surface area contributed by atoms with Gasteiger partial charge in [-0.15, -0.1) is 0 Å². The molecule has 0 saturated carbocycles. The van der Waals surface area contributed by atoms with Gasteiger partial charge in [0.15, 0.2) is 6.10 Å². The third-order valence-corrected chi connectivity index (χ3v) is 3.06. The molecule has 0 aliphatic carbocycles. The Morgan fingerprint density at radius 3 is 2.44 bits per heavy atom. The summed E-state index contributed by atoms with van der Waals surface area (Å²) in [7, 11) is 1.68. The molecule has 0 amide bonds. The number of hydrogen-bond donors (Lipinski definition) is 0. The molecule has 1 aliphatic heterocycles. The van der Waals surface area contributed by atoms with Gasteiger partial charge in [-0.05, 0) is 12.1 Å².